The molecule has 0 radical (unpaired) electrons. The molecule has 20 heavy (non-hydrogen) atoms. The molecule has 7 nitrogen and oxygen atoms in total. The fourth-order valence-electron chi connectivity index (χ4n) is 2.30. The summed E-state index contributed by atoms with van der Waals surface area (Å²) < 4.78 is 33.9. The highest BCUT2D eigenvalue weighted by molar-refractivity contribution is 7.89. The maximum atomic E-state index is 12.7. The van der Waals surface area contributed by atoms with E-state index in [1.807, 2.05) is 13.8 Å². The minimum absolute atomic E-state index is 0.00402. The van der Waals surface area contributed by atoms with E-state index in [2.05, 4.69) is 5.10 Å². The Labute approximate surface area is 119 Å². The third kappa shape index (κ3) is 3.03. The summed E-state index contributed by atoms with van der Waals surface area (Å²) in [7, 11) is -3.53. The number of nitrogens with two attached hydrogens (primary N) is 1. The molecule has 1 atom stereocenters. The summed E-state index contributed by atoms with van der Waals surface area (Å²) in [6.45, 7) is 5.42. The zero-order chi connectivity index (χ0) is 14.8. The van der Waals surface area contributed by atoms with Crippen LogP contribution in [0.1, 0.15) is 26.3 Å². The third-order valence-electron chi connectivity index (χ3n) is 3.32. The van der Waals surface area contributed by atoms with Gasteiger partial charge in [-0.25, -0.2) is 8.42 Å². The van der Waals surface area contributed by atoms with E-state index in [4.69, 9.17) is 10.5 Å². The zero-order valence-corrected chi connectivity index (χ0v) is 12.7. The van der Waals surface area contributed by atoms with Crippen LogP contribution in [0.3, 0.4) is 0 Å². The number of ether oxygens (including phenoxy) is 1. The van der Waals surface area contributed by atoms with Gasteiger partial charge in [0.15, 0.2) is 5.03 Å². The first-order chi connectivity index (χ1) is 9.46. The van der Waals surface area contributed by atoms with Gasteiger partial charge >= 0.3 is 0 Å². The quantitative estimate of drug-likeness (QED) is 0.839. The molecule has 0 amide bonds. The molecular formula is C12H22N4O3S. The van der Waals surface area contributed by atoms with Crippen LogP contribution in [0, 0.1) is 0 Å². The summed E-state index contributed by atoms with van der Waals surface area (Å²) >= 11 is 0. The van der Waals surface area contributed by atoms with E-state index in [0.717, 1.165) is 0 Å². The minimum atomic E-state index is -3.53. The minimum Gasteiger partial charge on any atom is -0.375 e. The molecule has 0 saturated carbocycles. The van der Waals surface area contributed by atoms with Crippen LogP contribution >= 0.6 is 0 Å². The van der Waals surface area contributed by atoms with Crippen LogP contribution in [-0.4, -0.2) is 54.8 Å². The Morgan fingerprint density at radius 2 is 2.30 bits per heavy atom. The average Bonchev–Trinajstić information content (AvgIpc) is 2.89. The van der Waals surface area contributed by atoms with E-state index in [9.17, 15) is 8.42 Å². The maximum Gasteiger partial charge on any atom is 0.260 e. The molecule has 1 aliphatic rings. The Hall–Kier alpha value is -0.960. The molecule has 1 aromatic heterocycles. The Balaban J connectivity index is 2.23. The van der Waals surface area contributed by atoms with Crippen LogP contribution in [0.25, 0.3) is 0 Å². The first-order valence-electron chi connectivity index (χ1n) is 6.82. The molecule has 8 heteroatoms. The number of nitrogens with zero attached hydrogens (tertiary/aromatic N) is 3. The topological polar surface area (TPSA) is 90.5 Å². The van der Waals surface area contributed by atoms with Crippen molar-refractivity contribution in [3.05, 3.63) is 12.3 Å². The van der Waals surface area contributed by atoms with E-state index in [-0.39, 0.29) is 17.2 Å². The lowest BCUT2D eigenvalue weighted by Crippen LogP contribution is -2.46. The molecule has 1 fully saturated rings. The van der Waals surface area contributed by atoms with Gasteiger partial charge in [0, 0.05) is 19.1 Å². The van der Waals surface area contributed by atoms with Gasteiger partial charge in [0.25, 0.3) is 10.0 Å². The maximum absolute atomic E-state index is 12.7. The summed E-state index contributed by atoms with van der Waals surface area (Å²) in [5.41, 5.74) is 5.51. The molecule has 0 unspecified atom stereocenters. The molecule has 0 bridgehead atoms. The van der Waals surface area contributed by atoms with E-state index in [1.54, 1.807) is 6.07 Å². The molecule has 0 aliphatic carbocycles. The van der Waals surface area contributed by atoms with Crippen molar-refractivity contribution in [1.82, 2.24) is 14.1 Å². The van der Waals surface area contributed by atoms with Crippen molar-refractivity contribution in [1.29, 1.82) is 0 Å². The van der Waals surface area contributed by atoms with Crippen LogP contribution in [0.2, 0.25) is 0 Å². The van der Waals surface area contributed by atoms with Crippen LogP contribution in [0.15, 0.2) is 17.3 Å². The van der Waals surface area contributed by atoms with Gasteiger partial charge in [0.1, 0.15) is 0 Å². The largest absolute Gasteiger partial charge is 0.375 e. The number of sulfonamides is 1. The number of hydrogen-bond donors (Lipinski definition) is 1. The summed E-state index contributed by atoms with van der Waals surface area (Å²) in [5.74, 6) is 0. The van der Waals surface area contributed by atoms with Crippen molar-refractivity contribution in [3.63, 3.8) is 0 Å². The summed E-state index contributed by atoms with van der Waals surface area (Å²) in [5, 5.41) is 4.33. The molecule has 0 aromatic carbocycles. The molecule has 1 aliphatic heterocycles. The number of rotatable bonds is 5. The molecule has 114 valence electrons. The van der Waals surface area contributed by atoms with Crippen molar-refractivity contribution in [2.75, 3.05) is 26.2 Å². The standard InChI is InChI=1S/C12H22N4O3S/c1-10(2)16-12(4-6-14-16)20(17,18)15-7-8-19-11(9-15)3-5-13/h4,6,10-11H,3,5,7-9,13H2,1-2H3/t11-/m1/s1. The van der Waals surface area contributed by atoms with Crippen molar-refractivity contribution in [2.24, 2.45) is 5.73 Å². The summed E-state index contributed by atoms with van der Waals surface area (Å²) in [4.78, 5) is 0. The molecule has 1 saturated heterocycles. The van der Waals surface area contributed by atoms with E-state index >= 15 is 0 Å². The van der Waals surface area contributed by atoms with Gasteiger partial charge < -0.3 is 10.5 Å². The van der Waals surface area contributed by atoms with Gasteiger partial charge in [-0.05, 0) is 32.9 Å². The second-order valence-electron chi connectivity index (χ2n) is 5.14. The first kappa shape index (κ1) is 15.4. The lowest BCUT2D eigenvalue weighted by molar-refractivity contribution is -0.00421. The second-order valence-corrected chi connectivity index (χ2v) is 7.03. The van der Waals surface area contributed by atoms with E-state index < -0.39 is 10.0 Å². The van der Waals surface area contributed by atoms with Crippen LogP contribution in [0.5, 0.6) is 0 Å². The SMILES string of the molecule is CC(C)n1nccc1S(=O)(=O)N1CCO[C@H](CCN)C1. The lowest BCUT2D eigenvalue weighted by Gasteiger charge is -2.32. The molecule has 1 aromatic rings. The highest BCUT2D eigenvalue weighted by atomic mass is 32.2. The molecular weight excluding hydrogens is 280 g/mol. The Kier molecular flexibility index (Phi) is 4.79. The van der Waals surface area contributed by atoms with Crippen LogP contribution < -0.4 is 5.73 Å². The van der Waals surface area contributed by atoms with Crippen molar-refractivity contribution < 1.29 is 13.2 Å². The summed E-state index contributed by atoms with van der Waals surface area (Å²) in [6, 6.07) is 1.54. The second kappa shape index (κ2) is 6.21. The van der Waals surface area contributed by atoms with Gasteiger partial charge in [-0.1, -0.05) is 0 Å². The molecule has 0 spiro atoms. The number of hydrogen-bond acceptors (Lipinski definition) is 5. The Bertz CT molecular complexity index is 539. The van der Waals surface area contributed by atoms with Gasteiger partial charge in [0.05, 0.1) is 18.9 Å². The first-order valence-corrected chi connectivity index (χ1v) is 8.26. The third-order valence-corrected chi connectivity index (χ3v) is 5.18. The molecule has 2 N–H and O–H groups in total. The Morgan fingerprint density at radius 1 is 1.55 bits per heavy atom. The van der Waals surface area contributed by atoms with Crippen molar-refractivity contribution >= 4 is 10.0 Å². The van der Waals surface area contributed by atoms with Gasteiger partial charge in [-0.2, -0.15) is 9.40 Å². The van der Waals surface area contributed by atoms with Gasteiger partial charge in [0.2, 0.25) is 0 Å². The fourth-order valence-corrected chi connectivity index (χ4v) is 3.97. The molecule has 2 heterocycles. The predicted octanol–water partition coefficient (Wildman–Crippen LogP) is 0.202. The van der Waals surface area contributed by atoms with Crippen LogP contribution in [0.4, 0.5) is 0 Å². The van der Waals surface area contributed by atoms with E-state index in [1.165, 1.54) is 15.2 Å². The van der Waals surface area contributed by atoms with Gasteiger partial charge in [-0.15, -0.1) is 0 Å². The van der Waals surface area contributed by atoms with Crippen molar-refractivity contribution in [2.45, 2.75) is 37.4 Å². The normalized spacial score (nSPS) is 21.5. The van der Waals surface area contributed by atoms with Crippen LogP contribution in [-0.2, 0) is 14.8 Å². The number of morpholine rings is 1. The Morgan fingerprint density at radius 3 is 2.95 bits per heavy atom. The lowest BCUT2D eigenvalue weighted by atomic mass is 10.2. The average molecular weight is 302 g/mol. The molecule has 2 rings (SSSR count). The monoisotopic (exact) mass is 302 g/mol. The van der Waals surface area contributed by atoms with Gasteiger partial charge in [-0.3, -0.25) is 4.68 Å². The highest BCUT2D eigenvalue weighted by Gasteiger charge is 2.33. The van der Waals surface area contributed by atoms with E-state index in [0.29, 0.717) is 32.7 Å². The highest BCUT2D eigenvalue weighted by Crippen LogP contribution is 2.21. The zero-order valence-electron chi connectivity index (χ0n) is 11.9. The fraction of sp³-hybridized carbons (Fsp3) is 0.750. The number of aromatic nitrogens is 2. The van der Waals surface area contributed by atoms with Crippen molar-refractivity contribution in [3.8, 4) is 0 Å². The smallest absolute Gasteiger partial charge is 0.260 e. The summed E-state index contributed by atoms with van der Waals surface area (Å²) in [6.07, 6.45) is 2.05. The predicted molar refractivity (Wildman–Crippen MR) is 74.8 cm³/mol.